The van der Waals surface area contributed by atoms with Crippen LogP contribution in [0.4, 0.5) is 0 Å². The van der Waals surface area contributed by atoms with Crippen LogP contribution < -0.4 is 0 Å². The summed E-state index contributed by atoms with van der Waals surface area (Å²) in [6.45, 7) is 0. The van der Waals surface area contributed by atoms with Crippen LogP contribution in [0.3, 0.4) is 0 Å². The molecule has 3 nitrogen and oxygen atoms in total. The molecule has 0 N–H and O–H groups in total. The van der Waals surface area contributed by atoms with Gasteiger partial charge in [0.05, 0.1) is 0 Å². The molecule has 0 radical (unpaired) electrons. The van der Waals surface area contributed by atoms with E-state index >= 15 is 0 Å². The highest BCUT2D eigenvalue weighted by molar-refractivity contribution is 5.57. The van der Waals surface area contributed by atoms with Gasteiger partial charge in [-0.05, 0) is 11.1 Å². The second-order valence-electron chi connectivity index (χ2n) is 4.77. The second kappa shape index (κ2) is 5.14. The molecule has 0 saturated heterocycles. The van der Waals surface area contributed by atoms with Crippen molar-refractivity contribution in [1.82, 2.24) is 0 Å². The Morgan fingerprint density at radius 1 is 0.737 bits per heavy atom. The van der Waals surface area contributed by atoms with E-state index in [1.165, 1.54) is 11.1 Å². The molecule has 0 fully saturated rings. The van der Waals surface area contributed by atoms with Crippen LogP contribution in [0.15, 0.2) is 75.9 Å². The molecule has 0 amide bonds. The van der Waals surface area contributed by atoms with Gasteiger partial charge in [-0.2, -0.15) is 5.11 Å². The molecule has 0 saturated carbocycles. The summed E-state index contributed by atoms with van der Waals surface area (Å²) in [4.78, 5) is 4.50. The normalized spacial score (nSPS) is 15.8. The Hall–Kier alpha value is -2.29. The topological polar surface area (TPSA) is 37.1 Å². The van der Waals surface area contributed by atoms with Crippen LogP contribution >= 0.6 is 0 Å². The Kier molecular flexibility index (Phi) is 3.19. The molecule has 3 rings (SSSR count). The van der Waals surface area contributed by atoms with Crippen LogP contribution in [0.25, 0.3) is 0 Å². The van der Waals surface area contributed by atoms with Gasteiger partial charge in [0, 0.05) is 12.8 Å². The van der Waals surface area contributed by atoms with Crippen molar-refractivity contribution in [3.63, 3.8) is 0 Å². The zero-order valence-electron chi connectivity index (χ0n) is 10.6. The van der Waals surface area contributed by atoms with Crippen LogP contribution in [-0.4, -0.2) is 12.0 Å². The van der Waals surface area contributed by atoms with Gasteiger partial charge in [-0.1, -0.05) is 60.7 Å². The van der Waals surface area contributed by atoms with E-state index in [0.29, 0.717) is 0 Å². The third-order valence-electron chi connectivity index (χ3n) is 3.25. The van der Waals surface area contributed by atoms with Gasteiger partial charge >= 0.3 is 0 Å². The van der Waals surface area contributed by atoms with E-state index in [9.17, 15) is 0 Å². The summed E-state index contributed by atoms with van der Waals surface area (Å²) in [6, 6.07) is 20.6. The smallest absolute Gasteiger partial charge is 0.180 e. The monoisotopic (exact) mass is 249 g/mol. The third kappa shape index (κ3) is 2.76. The fourth-order valence-electron chi connectivity index (χ4n) is 2.36. The molecule has 2 aromatic rings. The van der Waals surface area contributed by atoms with Gasteiger partial charge in [0.15, 0.2) is 5.66 Å². The Morgan fingerprint density at radius 2 is 1.26 bits per heavy atom. The zero-order chi connectivity index (χ0) is 13.0. The molecule has 2 aromatic carbocycles. The van der Waals surface area contributed by atoms with Crippen molar-refractivity contribution in [2.45, 2.75) is 18.5 Å². The van der Waals surface area contributed by atoms with Crippen LogP contribution in [0.2, 0.25) is 0 Å². The summed E-state index contributed by atoms with van der Waals surface area (Å²) in [5, 5.41) is 8.32. The lowest BCUT2D eigenvalue weighted by Gasteiger charge is -2.21. The minimum absolute atomic E-state index is 0.470. The number of nitrogens with zero attached hydrogens (tertiary/aromatic N) is 3. The summed E-state index contributed by atoms with van der Waals surface area (Å²) < 4.78 is 0. The lowest BCUT2D eigenvalue weighted by atomic mass is 9.94. The van der Waals surface area contributed by atoms with Gasteiger partial charge in [0.25, 0.3) is 0 Å². The molecule has 1 aliphatic heterocycles. The molecule has 0 bridgehead atoms. The highest BCUT2D eigenvalue weighted by Crippen LogP contribution is 2.27. The first-order valence-corrected chi connectivity index (χ1v) is 6.40. The van der Waals surface area contributed by atoms with Gasteiger partial charge in [-0.15, -0.1) is 5.11 Å². The van der Waals surface area contributed by atoms with E-state index in [-0.39, 0.29) is 0 Å². The summed E-state index contributed by atoms with van der Waals surface area (Å²) in [7, 11) is 0. The van der Waals surface area contributed by atoms with Crippen LogP contribution in [0, 0.1) is 0 Å². The molecule has 19 heavy (non-hydrogen) atoms. The molecular formula is C16H15N3. The molecule has 0 spiro atoms. The molecule has 0 aliphatic carbocycles. The lowest BCUT2D eigenvalue weighted by molar-refractivity contribution is 0.441. The van der Waals surface area contributed by atoms with Gasteiger partial charge in [0.2, 0.25) is 0 Å². The first-order chi connectivity index (χ1) is 9.36. The standard InChI is InChI=1S/C16H15N3/c1-3-7-14(8-4-1)11-16(17-13-18-19-16)12-15-9-5-2-6-10-15/h1-10,13H,11-12H2. The average molecular weight is 249 g/mol. The van der Waals surface area contributed by atoms with Gasteiger partial charge in [-0.3, -0.25) is 0 Å². The maximum absolute atomic E-state index is 4.50. The SMILES string of the molecule is C1=NC(Cc2ccccc2)(Cc2ccccc2)N=N1. The number of azo groups is 1. The van der Waals surface area contributed by atoms with Crippen molar-refractivity contribution in [2.24, 2.45) is 15.2 Å². The Bertz CT molecular complexity index is 532. The van der Waals surface area contributed by atoms with E-state index in [1.807, 2.05) is 36.4 Å². The molecule has 1 heterocycles. The quantitative estimate of drug-likeness (QED) is 0.793. The molecule has 94 valence electrons. The summed E-state index contributed by atoms with van der Waals surface area (Å²) in [5.74, 6) is 0. The predicted molar refractivity (Wildman–Crippen MR) is 76.4 cm³/mol. The van der Waals surface area contributed by atoms with Crippen molar-refractivity contribution in [1.29, 1.82) is 0 Å². The Labute approximate surface area is 112 Å². The van der Waals surface area contributed by atoms with E-state index in [2.05, 4.69) is 39.5 Å². The Balaban J connectivity index is 1.84. The summed E-state index contributed by atoms with van der Waals surface area (Å²) in [5.41, 5.74) is 2.00. The maximum Gasteiger partial charge on any atom is 0.180 e. The minimum atomic E-state index is -0.470. The van der Waals surface area contributed by atoms with Crippen molar-refractivity contribution in [2.75, 3.05) is 0 Å². The largest absolute Gasteiger partial charge is 0.239 e. The van der Waals surface area contributed by atoms with Crippen molar-refractivity contribution < 1.29 is 0 Å². The van der Waals surface area contributed by atoms with Gasteiger partial charge in [-0.25, -0.2) is 4.99 Å². The third-order valence-corrected chi connectivity index (χ3v) is 3.25. The minimum Gasteiger partial charge on any atom is -0.239 e. The predicted octanol–water partition coefficient (Wildman–Crippen LogP) is 3.66. The van der Waals surface area contributed by atoms with Crippen molar-refractivity contribution in [3.8, 4) is 0 Å². The molecule has 0 atom stereocenters. The highest BCUT2D eigenvalue weighted by Gasteiger charge is 2.31. The number of rotatable bonds is 4. The molecule has 3 heteroatoms. The van der Waals surface area contributed by atoms with Crippen molar-refractivity contribution >= 4 is 6.34 Å². The lowest BCUT2D eigenvalue weighted by Crippen LogP contribution is -2.28. The molecule has 1 aliphatic rings. The summed E-state index contributed by atoms with van der Waals surface area (Å²) in [6.07, 6.45) is 3.12. The van der Waals surface area contributed by atoms with E-state index in [0.717, 1.165) is 12.8 Å². The van der Waals surface area contributed by atoms with E-state index in [4.69, 9.17) is 0 Å². The van der Waals surface area contributed by atoms with Crippen LogP contribution in [0.5, 0.6) is 0 Å². The molecular weight excluding hydrogens is 234 g/mol. The molecule has 0 unspecified atom stereocenters. The first-order valence-electron chi connectivity index (χ1n) is 6.40. The van der Waals surface area contributed by atoms with Gasteiger partial charge in [0.1, 0.15) is 6.34 Å². The fourth-order valence-corrected chi connectivity index (χ4v) is 2.36. The number of hydrogen-bond acceptors (Lipinski definition) is 3. The van der Waals surface area contributed by atoms with E-state index in [1.54, 1.807) is 6.34 Å². The van der Waals surface area contributed by atoms with Gasteiger partial charge < -0.3 is 0 Å². The average Bonchev–Trinajstić information content (AvgIpc) is 2.89. The molecule has 0 aromatic heterocycles. The first kappa shape index (κ1) is 11.8. The second-order valence-corrected chi connectivity index (χ2v) is 4.77. The van der Waals surface area contributed by atoms with Crippen LogP contribution in [0.1, 0.15) is 11.1 Å². The number of aliphatic imine (C=N–C) groups is 1. The van der Waals surface area contributed by atoms with Crippen LogP contribution in [-0.2, 0) is 12.8 Å². The zero-order valence-corrected chi connectivity index (χ0v) is 10.6. The highest BCUT2D eigenvalue weighted by atomic mass is 15.3. The van der Waals surface area contributed by atoms with Crippen molar-refractivity contribution in [3.05, 3.63) is 71.8 Å². The number of hydrogen-bond donors (Lipinski definition) is 0. The fraction of sp³-hybridized carbons (Fsp3) is 0.188. The Morgan fingerprint density at radius 3 is 1.68 bits per heavy atom. The summed E-state index contributed by atoms with van der Waals surface area (Å²) >= 11 is 0. The number of benzene rings is 2. The maximum atomic E-state index is 4.50. The van der Waals surface area contributed by atoms with E-state index < -0.39 is 5.66 Å².